The number of ether oxygens (including phenoxy) is 3. The van der Waals surface area contributed by atoms with E-state index in [1.54, 1.807) is 13.8 Å². The minimum atomic E-state index is -0.843. The van der Waals surface area contributed by atoms with Crippen molar-refractivity contribution in [2.45, 2.75) is 188 Å². The lowest BCUT2D eigenvalue weighted by Gasteiger charge is -2.44. The van der Waals surface area contributed by atoms with Crippen LogP contribution >= 0.6 is 0 Å². The quantitative estimate of drug-likeness (QED) is 0.0862. The molecule has 0 spiro atoms. The van der Waals surface area contributed by atoms with Crippen LogP contribution in [0.3, 0.4) is 0 Å². The Balaban J connectivity index is 1.81. The molecule has 9 nitrogen and oxygen atoms in total. The lowest BCUT2D eigenvalue weighted by Crippen LogP contribution is -2.56. The van der Waals surface area contributed by atoms with Crippen LogP contribution in [0.2, 0.25) is 0 Å². The fourth-order valence-electron chi connectivity index (χ4n) is 6.26. The molecule has 1 saturated carbocycles. The summed E-state index contributed by atoms with van der Waals surface area (Å²) in [4.78, 5) is 39.0. The average molecular weight is 638 g/mol. The van der Waals surface area contributed by atoms with E-state index < -0.39 is 17.3 Å². The van der Waals surface area contributed by atoms with Crippen molar-refractivity contribution in [2.75, 3.05) is 13.2 Å². The third-order valence-electron chi connectivity index (χ3n) is 9.27. The molecule has 9 heteroatoms. The first-order valence-corrected chi connectivity index (χ1v) is 18.0. The van der Waals surface area contributed by atoms with Gasteiger partial charge in [-0.15, -0.1) is 0 Å². The van der Waals surface area contributed by atoms with Crippen molar-refractivity contribution in [3.63, 3.8) is 0 Å². The molecular formula is C36H67N3O6. The molecule has 4 atom stereocenters. The third kappa shape index (κ3) is 15.1. The average Bonchev–Trinajstić information content (AvgIpc) is 3.16. The maximum atomic E-state index is 13.2. The predicted octanol–water partition coefficient (Wildman–Crippen LogP) is 7.55. The second-order valence-corrected chi connectivity index (χ2v) is 15.6. The van der Waals surface area contributed by atoms with Crippen LogP contribution in [0.1, 0.15) is 158 Å². The van der Waals surface area contributed by atoms with E-state index in [9.17, 15) is 14.4 Å². The van der Waals surface area contributed by atoms with Gasteiger partial charge in [0.15, 0.2) is 5.79 Å². The molecule has 1 aliphatic heterocycles. The number of carbonyl (C=O) groups is 3. The van der Waals surface area contributed by atoms with Crippen molar-refractivity contribution in [1.29, 1.82) is 0 Å². The van der Waals surface area contributed by atoms with E-state index in [0.717, 1.165) is 38.5 Å². The van der Waals surface area contributed by atoms with E-state index in [-0.39, 0.29) is 54.5 Å². The van der Waals surface area contributed by atoms with Gasteiger partial charge in [-0.25, -0.2) is 4.79 Å². The minimum absolute atomic E-state index is 0.0546. The van der Waals surface area contributed by atoms with Gasteiger partial charge in [0.05, 0.1) is 19.1 Å². The SMILES string of the molecule is CCCCCCCCCCCC(NC(=O)NC1CCCCCC1OC(=O)CCNC(=O)C1OC(C)(C)OCC1(C)C)C(C)(C)C. The van der Waals surface area contributed by atoms with Gasteiger partial charge in [-0.3, -0.25) is 9.59 Å². The highest BCUT2D eigenvalue weighted by Gasteiger charge is 2.45. The Hall–Kier alpha value is -1.87. The number of amides is 3. The monoisotopic (exact) mass is 638 g/mol. The second kappa shape index (κ2) is 19.1. The number of carbonyl (C=O) groups excluding carboxylic acids is 3. The van der Waals surface area contributed by atoms with Crippen molar-refractivity contribution in [2.24, 2.45) is 10.8 Å². The van der Waals surface area contributed by atoms with Crippen LogP contribution < -0.4 is 16.0 Å². The van der Waals surface area contributed by atoms with Crippen molar-refractivity contribution in [3.8, 4) is 0 Å². The molecule has 3 N–H and O–H groups in total. The molecule has 2 aliphatic rings. The summed E-state index contributed by atoms with van der Waals surface area (Å²) in [6.07, 6.45) is 15.9. The highest BCUT2D eigenvalue weighted by molar-refractivity contribution is 5.82. The minimum Gasteiger partial charge on any atom is -0.460 e. The van der Waals surface area contributed by atoms with Crippen molar-refractivity contribution >= 4 is 17.9 Å². The van der Waals surface area contributed by atoms with E-state index in [1.165, 1.54) is 51.4 Å². The molecule has 1 heterocycles. The van der Waals surface area contributed by atoms with Gasteiger partial charge in [-0.1, -0.05) is 112 Å². The van der Waals surface area contributed by atoms with Gasteiger partial charge in [-0.05, 0) is 44.9 Å². The number of hydrogen-bond donors (Lipinski definition) is 3. The summed E-state index contributed by atoms with van der Waals surface area (Å²) >= 11 is 0. The van der Waals surface area contributed by atoms with Crippen LogP contribution in [-0.4, -0.2) is 61.1 Å². The van der Waals surface area contributed by atoms with Crippen molar-refractivity contribution < 1.29 is 28.6 Å². The number of rotatable bonds is 17. The Morgan fingerprint density at radius 3 is 2.16 bits per heavy atom. The molecule has 1 aliphatic carbocycles. The van der Waals surface area contributed by atoms with Gasteiger partial charge in [0, 0.05) is 18.0 Å². The first-order chi connectivity index (χ1) is 21.1. The Bertz CT molecular complexity index is 900. The van der Waals surface area contributed by atoms with Crippen molar-refractivity contribution in [1.82, 2.24) is 16.0 Å². The summed E-state index contributed by atoms with van der Waals surface area (Å²) < 4.78 is 17.5. The third-order valence-corrected chi connectivity index (χ3v) is 9.27. The fraction of sp³-hybridized carbons (Fsp3) is 0.917. The van der Waals surface area contributed by atoms with Gasteiger partial charge < -0.3 is 30.2 Å². The summed E-state index contributed by atoms with van der Waals surface area (Å²) in [5.74, 6) is -1.48. The Labute approximate surface area is 274 Å². The molecule has 2 fully saturated rings. The van der Waals surface area contributed by atoms with Gasteiger partial charge in [0.1, 0.15) is 12.2 Å². The summed E-state index contributed by atoms with van der Waals surface area (Å²) in [5, 5.41) is 9.26. The maximum Gasteiger partial charge on any atom is 0.315 e. The highest BCUT2D eigenvalue weighted by atomic mass is 16.7. The van der Waals surface area contributed by atoms with E-state index in [4.69, 9.17) is 14.2 Å². The number of hydrogen-bond acceptors (Lipinski definition) is 6. The molecule has 4 unspecified atom stereocenters. The molecule has 1 saturated heterocycles. The van der Waals surface area contributed by atoms with E-state index in [2.05, 4.69) is 43.6 Å². The van der Waals surface area contributed by atoms with E-state index in [0.29, 0.717) is 13.0 Å². The largest absolute Gasteiger partial charge is 0.460 e. The summed E-state index contributed by atoms with van der Waals surface area (Å²) in [6.45, 7) is 16.8. The Morgan fingerprint density at radius 2 is 1.51 bits per heavy atom. The zero-order chi connectivity index (χ0) is 33.5. The van der Waals surface area contributed by atoms with Crippen LogP contribution in [0, 0.1) is 10.8 Å². The summed E-state index contributed by atoms with van der Waals surface area (Å²) in [6, 6.07) is -0.362. The Morgan fingerprint density at radius 1 is 0.889 bits per heavy atom. The lowest BCUT2D eigenvalue weighted by molar-refractivity contribution is -0.304. The second-order valence-electron chi connectivity index (χ2n) is 15.6. The number of unbranched alkanes of at least 4 members (excludes halogenated alkanes) is 8. The van der Waals surface area contributed by atoms with Crippen LogP contribution in [0.15, 0.2) is 0 Å². The zero-order valence-electron chi connectivity index (χ0n) is 30.0. The number of esters is 1. The topological polar surface area (TPSA) is 115 Å². The number of urea groups is 1. The molecule has 0 bridgehead atoms. The van der Waals surface area contributed by atoms with Gasteiger partial charge >= 0.3 is 12.0 Å². The zero-order valence-corrected chi connectivity index (χ0v) is 30.0. The maximum absolute atomic E-state index is 13.2. The van der Waals surface area contributed by atoms with Crippen molar-refractivity contribution in [3.05, 3.63) is 0 Å². The Kier molecular flexibility index (Phi) is 16.7. The first kappa shape index (κ1) is 39.3. The van der Waals surface area contributed by atoms with Crippen LogP contribution in [0.25, 0.3) is 0 Å². The molecule has 0 radical (unpaired) electrons. The summed E-state index contributed by atoms with van der Waals surface area (Å²) in [5.41, 5.74) is -0.544. The van der Waals surface area contributed by atoms with Gasteiger partial charge in [0.25, 0.3) is 0 Å². The normalized spacial score (nSPS) is 23.8. The smallest absolute Gasteiger partial charge is 0.315 e. The standard InChI is InChI=1S/C36H67N3O6/c1-9-10-11-12-13-14-15-16-20-23-29(34(2,3)4)39-33(42)38-27-21-18-17-19-22-28(27)44-30(40)24-25-37-32(41)31-35(5,6)26-43-36(7,8)45-31/h27-29,31H,9-26H2,1-8H3,(H,37,41)(H2,38,39,42). The molecule has 262 valence electrons. The predicted molar refractivity (Wildman–Crippen MR) is 180 cm³/mol. The molecular weight excluding hydrogens is 570 g/mol. The molecule has 45 heavy (non-hydrogen) atoms. The van der Waals surface area contributed by atoms with Crippen LogP contribution in [0.4, 0.5) is 4.79 Å². The van der Waals surface area contributed by atoms with Gasteiger partial charge in [0.2, 0.25) is 5.91 Å². The number of nitrogens with one attached hydrogen (secondary N) is 3. The lowest BCUT2D eigenvalue weighted by atomic mass is 9.83. The molecule has 2 rings (SSSR count). The van der Waals surface area contributed by atoms with Crippen LogP contribution in [0.5, 0.6) is 0 Å². The molecule has 0 aromatic rings. The van der Waals surface area contributed by atoms with Gasteiger partial charge in [-0.2, -0.15) is 0 Å². The molecule has 0 aromatic carbocycles. The highest BCUT2D eigenvalue weighted by Crippen LogP contribution is 2.35. The van der Waals surface area contributed by atoms with E-state index in [1.807, 2.05) is 13.8 Å². The van der Waals surface area contributed by atoms with Crippen LogP contribution in [-0.2, 0) is 23.8 Å². The summed E-state index contributed by atoms with van der Waals surface area (Å²) in [7, 11) is 0. The molecule has 0 aromatic heterocycles. The first-order valence-electron chi connectivity index (χ1n) is 18.0. The molecule has 3 amide bonds. The fourth-order valence-corrected chi connectivity index (χ4v) is 6.26. The van der Waals surface area contributed by atoms with E-state index >= 15 is 0 Å².